The highest BCUT2D eigenvalue weighted by atomic mass is 16.6. The van der Waals surface area contributed by atoms with Gasteiger partial charge in [-0.25, -0.2) is 19.4 Å². The number of rotatable bonds is 11. The summed E-state index contributed by atoms with van der Waals surface area (Å²) in [5, 5.41) is 13.3. The van der Waals surface area contributed by atoms with E-state index in [1.807, 2.05) is 25.7 Å². The van der Waals surface area contributed by atoms with Crippen LogP contribution in [0.15, 0.2) is 30.5 Å². The van der Waals surface area contributed by atoms with Crippen LogP contribution in [0.4, 0.5) is 27.0 Å². The van der Waals surface area contributed by atoms with Crippen LogP contribution in [0.25, 0.3) is 0 Å². The molecular weight excluding hydrogens is 526 g/mol. The molecule has 2 saturated heterocycles. The lowest BCUT2D eigenvalue weighted by Gasteiger charge is -2.29. The van der Waals surface area contributed by atoms with E-state index in [-0.39, 0.29) is 18.5 Å². The minimum atomic E-state index is -1.06. The number of anilines is 3. The van der Waals surface area contributed by atoms with Gasteiger partial charge in [0.05, 0.1) is 6.20 Å². The SMILES string of the molecule is CCN(CC)c1ncc(N(CC)C(=O)N2CCCC2)c(N[C@@H](Cc2ccc(OC(=O)N3CCCC3)cc2)C(=O)O)n1. The molecule has 2 aliphatic heterocycles. The summed E-state index contributed by atoms with van der Waals surface area (Å²) < 4.78 is 5.47. The van der Waals surface area contributed by atoms with Gasteiger partial charge in [-0.3, -0.25) is 4.90 Å². The Labute approximate surface area is 241 Å². The minimum Gasteiger partial charge on any atom is -0.480 e. The minimum absolute atomic E-state index is 0.141. The number of ether oxygens (including phenoxy) is 1. The van der Waals surface area contributed by atoms with Crippen LogP contribution in [-0.4, -0.2) is 94.8 Å². The summed E-state index contributed by atoms with van der Waals surface area (Å²) in [7, 11) is 0. The first kappa shape index (κ1) is 29.9. The van der Waals surface area contributed by atoms with Crippen LogP contribution in [0.3, 0.4) is 0 Å². The van der Waals surface area contributed by atoms with Gasteiger partial charge in [0.1, 0.15) is 17.5 Å². The molecule has 41 heavy (non-hydrogen) atoms. The van der Waals surface area contributed by atoms with Crippen LogP contribution in [0.1, 0.15) is 52.0 Å². The number of carboxylic acids is 1. The van der Waals surface area contributed by atoms with Gasteiger partial charge in [0, 0.05) is 52.2 Å². The topological polar surface area (TPSA) is 131 Å². The van der Waals surface area contributed by atoms with E-state index < -0.39 is 12.0 Å². The summed E-state index contributed by atoms with van der Waals surface area (Å²) in [6.45, 7) is 10.4. The van der Waals surface area contributed by atoms with Gasteiger partial charge in [-0.2, -0.15) is 4.98 Å². The van der Waals surface area contributed by atoms with Gasteiger partial charge >= 0.3 is 18.1 Å². The molecule has 0 saturated carbocycles. The molecule has 2 aromatic rings. The largest absolute Gasteiger partial charge is 0.480 e. The zero-order chi connectivity index (χ0) is 29.4. The van der Waals surface area contributed by atoms with Crippen LogP contribution < -0.4 is 19.9 Å². The molecule has 12 nitrogen and oxygen atoms in total. The number of benzene rings is 1. The summed E-state index contributed by atoms with van der Waals surface area (Å²) in [6, 6.07) is 5.67. The number of nitrogens with one attached hydrogen (secondary N) is 1. The van der Waals surface area contributed by atoms with Crippen molar-refractivity contribution in [3.05, 3.63) is 36.0 Å². The maximum absolute atomic E-state index is 13.4. The Morgan fingerprint density at radius 1 is 0.951 bits per heavy atom. The summed E-state index contributed by atoms with van der Waals surface area (Å²) in [5.41, 5.74) is 1.18. The number of aromatic nitrogens is 2. The molecule has 0 unspecified atom stereocenters. The standard InChI is InChI=1S/C29H41N7O5/c1-4-33(5-2)27-30-20-24(36(6-3)28(39)34-15-7-8-16-34)25(32-27)31-23(26(37)38)19-21-11-13-22(14-12-21)41-29(40)35-17-9-10-18-35/h11-14,20,23H,4-10,15-19H2,1-3H3,(H,37,38)(H,30,31,32)/t23-/m0/s1. The van der Waals surface area contributed by atoms with E-state index >= 15 is 0 Å². The average molecular weight is 568 g/mol. The molecule has 2 fully saturated rings. The highest BCUT2D eigenvalue weighted by Gasteiger charge is 2.29. The maximum Gasteiger partial charge on any atom is 0.415 e. The smallest absolute Gasteiger partial charge is 0.415 e. The Hall–Kier alpha value is -4.09. The van der Waals surface area contributed by atoms with Gasteiger partial charge in [-0.15, -0.1) is 0 Å². The quantitative estimate of drug-likeness (QED) is 0.412. The monoisotopic (exact) mass is 567 g/mol. The average Bonchev–Trinajstić information content (AvgIpc) is 3.71. The zero-order valence-electron chi connectivity index (χ0n) is 24.2. The zero-order valence-corrected chi connectivity index (χ0v) is 24.2. The number of carbonyl (C=O) groups is 3. The predicted molar refractivity (Wildman–Crippen MR) is 157 cm³/mol. The molecule has 1 atom stereocenters. The molecule has 4 rings (SSSR count). The Kier molecular flexibility index (Phi) is 10.2. The number of aliphatic carboxylic acids is 1. The first-order valence-corrected chi connectivity index (χ1v) is 14.6. The fraction of sp³-hybridized carbons (Fsp3) is 0.552. The van der Waals surface area contributed by atoms with E-state index in [4.69, 9.17) is 9.72 Å². The van der Waals surface area contributed by atoms with Crippen LogP contribution >= 0.6 is 0 Å². The van der Waals surface area contributed by atoms with Crippen molar-refractivity contribution >= 4 is 35.5 Å². The fourth-order valence-electron chi connectivity index (χ4n) is 5.18. The fourth-order valence-corrected chi connectivity index (χ4v) is 5.18. The van der Waals surface area contributed by atoms with Crippen molar-refractivity contribution in [1.29, 1.82) is 0 Å². The second kappa shape index (κ2) is 14.0. The molecule has 0 spiro atoms. The van der Waals surface area contributed by atoms with Crippen molar-refractivity contribution in [3.63, 3.8) is 0 Å². The van der Waals surface area contributed by atoms with Crippen LogP contribution in [0.2, 0.25) is 0 Å². The number of nitrogens with zero attached hydrogens (tertiary/aromatic N) is 6. The van der Waals surface area contributed by atoms with E-state index in [0.29, 0.717) is 69.0 Å². The normalized spacial score (nSPS) is 15.5. The van der Waals surface area contributed by atoms with Crippen molar-refractivity contribution in [1.82, 2.24) is 19.8 Å². The molecule has 0 bridgehead atoms. The predicted octanol–water partition coefficient (Wildman–Crippen LogP) is 4.07. The Bertz CT molecular complexity index is 1190. The first-order valence-electron chi connectivity index (χ1n) is 14.6. The van der Waals surface area contributed by atoms with E-state index in [1.165, 1.54) is 0 Å². The van der Waals surface area contributed by atoms with E-state index in [2.05, 4.69) is 10.3 Å². The third kappa shape index (κ3) is 7.36. The van der Waals surface area contributed by atoms with Crippen molar-refractivity contribution in [2.24, 2.45) is 0 Å². The number of hydrogen-bond donors (Lipinski definition) is 2. The lowest BCUT2D eigenvalue weighted by atomic mass is 10.1. The molecule has 0 radical (unpaired) electrons. The molecular formula is C29H41N7O5. The number of urea groups is 1. The number of carboxylic acid groups (broad SMARTS) is 1. The molecule has 12 heteroatoms. The molecule has 3 amide bonds. The summed E-state index contributed by atoms with van der Waals surface area (Å²) in [6.07, 6.45) is 5.25. The van der Waals surface area contributed by atoms with E-state index in [9.17, 15) is 19.5 Å². The van der Waals surface area contributed by atoms with Crippen molar-refractivity contribution in [2.75, 3.05) is 60.9 Å². The van der Waals surface area contributed by atoms with Gasteiger partial charge in [0.25, 0.3) is 0 Å². The molecule has 222 valence electrons. The van der Waals surface area contributed by atoms with Gasteiger partial charge in [0.2, 0.25) is 5.95 Å². The Morgan fingerprint density at radius 2 is 1.56 bits per heavy atom. The van der Waals surface area contributed by atoms with Crippen molar-refractivity contribution in [3.8, 4) is 5.75 Å². The highest BCUT2D eigenvalue weighted by Crippen LogP contribution is 2.29. The van der Waals surface area contributed by atoms with Crippen molar-refractivity contribution < 1.29 is 24.2 Å². The van der Waals surface area contributed by atoms with E-state index in [1.54, 1.807) is 45.2 Å². The Balaban J connectivity index is 1.56. The third-order valence-corrected chi connectivity index (χ3v) is 7.56. The summed E-state index contributed by atoms with van der Waals surface area (Å²) >= 11 is 0. The third-order valence-electron chi connectivity index (χ3n) is 7.56. The molecule has 1 aromatic carbocycles. The number of carbonyl (C=O) groups excluding carboxylic acids is 2. The van der Waals surface area contributed by atoms with Gasteiger partial charge in [-0.1, -0.05) is 12.1 Å². The van der Waals surface area contributed by atoms with Gasteiger partial charge < -0.3 is 29.9 Å². The van der Waals surface area contributed by atoms with E-state index in [0.717, 1.165) is 31.2 Å². The Morgan fingerprint density at radius 3 is 2.12 bits per heavy atom. The van der Waals surface area contributed by atoms with Crippen LogP contribution in [-0.2, 0) is 11.2 Å². The van der Waals surface area contributed by atoms with Crippen molar-refractivity contribution in [2.45, 2.75) is 58.9 Å². The lowest BCUT2D eigenvalue weighted by Crippen LogP contribution is -2.43. The number of amides is 3. The second-order valence-corrected chi connectivity index (χ2v) is 10.2. The summed E-state index contributed by atoms with van der Waals surface area (Å²) in [5.74, 6) is 0.1000. The van der Waals surface area contributed by atoms with Gasteiger partial charge in [0.15, 0.2) is 5.82 Å². The highest BCUT2D eigenvalue weighted by molar-refractivity contribution is 5.95. The van der Waals surface area contributed by atoms with Crippen LogP contribution in [0.5, 0.6) is 5.75 Å². The molecule has 1 aromatic heterocycles. The van der Waals surface area contributed by atoms with Gasteiger partial charge in [-0.05, 0) is 64.2 Å². The second-order valence-electron chi connectivity index (χ2n) is 10.2. The summed E-state index contributed by atoms with van der Waals surface area (Å²) in [4.78, 5) is 54.4. The van der Waals surface area contributed by atoms with Crippen LogP contribution in [0, 0.1) is 0 Å². The molecule has 2 aliphatic rings. The molecule has 3 heterocycles. The molecule has 0 aliphatic carbocycles. The maximum atomic E-state index is 13.4. The molecule has 2 N–H and O–H groups in total. The first-order chi connectivity index (χ1) is 19.8. The number of likely N-dealkylation sites (tertiary alicyclic amines) is 2. The lowest BCUT2D eigenvalue weighted by molar-refractivity contribution is -0.137. The number of hydrogen-bond acceptors (Lipinski definition) is 8.